The van der Waals surface area contributed by atoms with Crippen LogP contribution in [0.4, 0.5) is 0 Å². The van der Waals surface area contributed by atoms with Gasteiger partial charge in [0.1, 0.15) is 13.2 Å². The highest BCUT2D eigenvalue weighted by Crippen LogP contribution is 2.68. The normalized spacial score (nSPS) is 27.9. The SMILES string of the molecule is CC1=NO[P+]2(OCCO2)O1. The van der Waals surface area contributed by atoms with Crippen LogP contribution in [0.15, 0.2) is 5.16 Å². The molecule has 10 heavy (non-hydrogen) atoms. The van der Waals surface area contributed by atoms with Crippen LogP contribution in [0.1, 0.15) is 6.92 Å². The van der Waals surface area contributed by atoms with Gasteiger partial charge in [0.15, 0.2) is 0 Å². The average Bonchev–Trinajstić information content (AvgIpc) is 2.46. The first-order valence-corrected chi connectivity index (χ1v) is 4.38. The Kier molecular flexibility index (Phi) is 1.30. The van der Waals surface area contributed by atoms with Crippen molar-refractivity contribution in [3.63, 3.8) is 0 Å². The Bertz CT molecular complexity index is 176. The molecule has 0 unspecified atom stereocenters. The summed E-state index contributed by atoms with van der Waals surface area (Å²) in [6.07, 6.45) is 0. The lowest BCUT2D eigenvalue weighted by molar-refractivity contribution is 0.196. The largest absolute Gasteiger partial charge is 0.693 e. The van der Waals surface area contributed by atoms with E-state index in [0.29, 0.717) is 19.1 Å². The quantitative estimate of drug-likeness (QED) is 0.503. The second kappa shape index (κ2) is 2.05. The summed E-state index contributed by atoms with van der Waals surface area (Å²) in [7, 11) is -2.46. The molecule has 2 aliphatic heterocycles. The predicted molar refractivity (Wildman–Crippen MR) is 34.1 cm³/mol. The van der Waals surface area contributed by atoms with E-state index in [4.69, 9.17) is 18.2 Å². The molecule has 2 heterocycles. The molecule has 0 amide bonds. The number of oxime groups is 1. The van der Waals surface area contributed by atoms with Crippen molar-refractivity contribution in [3.05, 3.63) is 0 Å². The summed E-state index contributed by atoms with van der Waals surface area (Å²) in [5.41, 5.74) is 0. The van der Waals surface area contributed by atoms with E-state index in [2.05, 4.69) is 5.16 Å². The van der Waals surface area contributed by atoms with Crippen LogP contribution in [0, 0.1) is 0 Å². The molecule has 6 heteroatoms. The van der Waals surface area contributed by atoms with Gasteiger partial charge in [-0.05, 0) is 0 Å². The molecule has 0 atom stereocenters. The van der Waals surface area contributed by atoms with Gasteiger partial charge in [-0.2, -0.15) is 0 Å². The van der Waals surface area contributed by atoms with Crippen molar-refractivity contribution in [2.75, 3.05) is 13.2 Å². The van der Waals surface area contributed by atoms with Gasteiger partial charge in [-0.25, -0.2) is 4.52 Å². The lowest BCUT2D eigenvalue weighted by Crippen LogP contribution is -1.95. The van der Waals surface area contributed by atoms with E-state index in [1.54, 1.807) is 6.92 Å². The minimum absolute atomic E-state index is 0.468. The van der Waals surface area contributed by atoms with Crippen molar-refractivity contribution in [2.45, 2.75) is 6.92 Å². The van der Waals surface area contributed by atoms with Crippen LogP contribution in [0.25, 0.3) is 0 Å². The van der Waals surface area contributed by atoms with Crippen molar-refractivity contribution in [1.29, 1.82) is 0 Å². The minimum Gasteiger partial charge on any atom is -0.234 e. The Hall–Kier alpha value is -0.380. The van der Waals surface area contributed by atoms with E-state index in [0.717, 1.165) is 0 Å². The van der Waals surface area contributed by atoms with E-state index in [9.17, 15) is 0 Å². The van der Waals surface area contributed by atoms with Crippen LogP contribution >= 0.6 is 8.17 Å². The second-order valence-corrected chi connectivity index (χ2v) is 3.65. The first-order chi connectivity index (χ1) is 4.81. The van der Waals surface area contributed by atoms with Crippen LogP contribution in [0.3, 0.4) is 0 Å². The maximum absolute atomic E-state index is 5.10. The molecule has 0 saturated carbocycles. The lowest BCUT2D eigenvalue weighted by Gasteiger charge is -2.00. The van der Waals surface area contributed by atoms with Gasteiger partial charge in [0.25, 0.3) is 5.90 Å². The highest BCUT2D eigenvalue weighted by molar-refractivity contribution is 7.57. The van der Waals surface area contributed by atoms with Gasteiger partial charge in [0.05, 0.1) is 0 Å². The maximum Gasteiger partial charge on any atom is 0.693 e. The summed E-state index contributed by atoms with van der Waals surface area (Å²) in [5.74, 6) is 0.468. The van der Waals surface area contributed by atoms with Gasteiger partial charge in [-0.1, -0.05) is 0 Å². The first-order valence-electron chi connectivity index (χ1n) is 2.92. The smallest absolute Gasteiger partial charge is 0.234 e. The van der Waals surface area contributed by atoms with Crippen LogP contribution in [-0.2, 0) is 18.2 Å². The standard InChI is InChI=1S/C4H7NO4P/c1-4-5-9-10(8-4)6-2-3-7-10/h2-3H2,1H3/q+1. The lowest BCUT2D eigenvalue weighted by atomic mass is 10.8. The van der Waals surface area contributed by atoms with Crippen molar-refractivity contribution in [2.24, 2.45) is 5.16 Å². The Morgan fingerprint density at radius 2 is 2.10 bits per heavy atom. The molecule has 0 aromatic rings. The van der Waals surface area contributed by atoms with Gasteiger partial charge >= 0.3 is 8.17 Å². The third-order valence-electron chi connectivity index (χ3n) is 1.10. The Morgan fingerprint density at radius 1 is 1.40 bits per heavy atom. The molecular formula is C4H7NO4P+. The van der Waals surface area contributed by atoms with Crippen LogP contribution in [0.2, 0.25) is 0 Å². The number of nitrogens with zero attached hydrogens (tertiary/aromatic N) is 1. The van der Waals surface area contributed by atoms with E-state index in [1.165, 1.54) is 0 Å². The average molecular weight is 164 g/mol. The molecular weight excluding hydrogens is 157 g/mol. The highest BCUT2D eigenvalue weighted by atomic mass is 31.2. The first kappa shape index (κ1) is 6.34. The van der Waals surface area contributed by atoms with Crippen molar-refractivity contribution >= 4 is 14.1 Å². The highest BCUT2D eigenvalue weighted by Gasteiger charge is 2.61. The van der Waals surface area contributed by atoms with Crippen LogP contribution in [0.5, 0.6) is 0 Å². The molecule has 1 spiro atoms. The van der Waals surface area contributed by atoms with Crippen molar-refractivity contribution < 1.29 is 18.2 Å². The number of rotatable bonds is 0. The summed E-state index contributed by atoms with van der Waals surface area (Å²) in [4.78, 5) is 0. The zero-order chi connectivity index (χ0) is 7.03. The van der Waals surface area contributed by atoms with Crippen molar-refractivity contribution in [1.82, 2.24) is 0 Å². The van der Waals surface area contributed by atoms with Crippen molar-refractivity contribution in [3.8, 4) is 0 Å². The monoisotopic (exact) mass is 164 g/mol. The van der Waals surface area contributed by atoms with E-state index in [-0.39, 0.29) is 0 Å². The van der Waals surface area contributed by atoms with E-state index >= 15 is 0 Å². The van der Waals surface area contributed by atoms with Gasteiger partial charge in [0.2, 0.25) is 0 Å². The topological polar surface area (TPSA) is 49.3 Å². The summed E-state index contributed by atoms with van der Waals surface area (Å²) in [6.45, 7) is 2.74. The molecule has 1 saturated heterocycles. The Balaban J connectivity index is 2.07. The molecule has 0 aliphatic carbocycles. The molecule has 56 valence electrons. The molecule has 2 aliphatic rings. The summed E-state index contributed by atoms with van der Waals surface area (Å²) >= 11 is 0. The molecule has 0 N–H and O–H groups in total. The Labute approximate surface area is 58.6 Å². The fourth-order valence-corrected chi connectivity index (χ4v) is 2.21. The Morgan fingerprint density at radius 3 is 2.60 bits per heavy atom. The molecule has 2 rings (SSSR count). The zero-order valence-corrected chi connectivity index (χ0v) is 6.34. The molecule has 1 fully saturated rings. The molecule has 0 bridgehead atoms. The third-order valence-corrected chi connectivity index (χ3v) is 2.86. The summed E-state index contributed by atoms with van der Waals surface area (Å²) in [5, 5.41) is 3.57. The van der Waals surface area contributed by atoms with Crippen LogP contribution in [-0.4, -0.2) is 19.1 Å². The van der Waals surface area contributed by atoms with Gasteiger partial charge < -0.3 is 0 Å². The second-order valence-electron chi connectivity index (χ2n) is 1.90. The fraction of sp³-hybridized carbons (Fsp3) is 0.750. The van der Waals surface area contributed by atoms with E-state index < -0.39 is 8.17 Å². The van der Waals surface area contributed by atoms with E-state index in [1.807, 2.05) is 0 Å². The fourth-order valence-electron chi connectivity index (χ4n) is 0.738. The summed E-state index contributed by atoms with van der Waals surface area (Å²) in [6, 6.07) is 0. The molecule has 5 nitrogen and oxygen atoms in total. The summed E-state index contributed by atoms with van der Waals surface area (Å²) < 4.78 is 20.2. The maximum atomic E-state index is 5.10. The van der Waals surface area contributed by atoms with Gasteiger partial charge in [-0.15, -0.1) is 13.7 Å². The van der Waals surface area contributed by atoms with Gasteiger partial charge in [-0.3, -0.25) is 0 Å². The molecule has 0 radical (unpaired) electrons. The minimum atomic E-state index is -2.46. The zero-order valence-electron chi connectivity index (χ0n) is 5.44. The molecule has 0 aromatic heterocycles. The molecule has 0 aromatic carbocycles. The third kappa shape index (κ3) is 0.868. The predicted octanol–water partition coefficient (Wildman–Crippen LogP) is 1.09. The van der Waals surface area contributed by atoms with Gasteiger partial charge in [0, 0.05) is 12.1 Å². The number of hydrogen-bond donors (Lipinski definition) is 0. The number of hydrogen-bond acceptors (Lipinski definition) is 5. The van der Waals surface area contributed by atoms with Crippen LogP contribution < -0.4 is 0 Å².